The van der Waals surface area contributed by atoms with Crippen molar-refractivity contribution in [2.45, 2.75) is 6.92 Å². The summed E-state index contributed by atoms with van der Waals surface area (Å²) in [5.74, 6) is -1.53. The minimum Gasteiger partial charge on any atom is -0.478 e. The first kappa shape index (κ1) is 12.1. The number of halogens is 1. The highest BCUT2D eigenvalue weighted by atomic mass is 19.1. The fraction of sp³-hybridized carbons (Fsp3) is 0.0714. The van der Waals surface area contributed by atoms with E-state index in [-0.39, 0.29) is 11.3 Å². The zero-order chi connectivity index (χ0) is 13.3. The number of carbonyl (C=O) groups is 1. The van der Waals surface area contributed by atoms with Crippen molar-refractivity contribution in [1.82, 2.24) is 0 Å². The minimum absolute atomic E-state index is 0.0184. The average Bonchev–Trinajstić information content (AvgIpc) is 2.30. The van der Waals surface area contributed by atoms with Gasteiger partial charge in [0.1, 0.15) is 5.82 Å². The number of nitrogen functional groups attached to an aromatic ring is 1. The van der Waals surface area contributed by atoms with Crippen molar-refractivity contribution >= 4 is 11.7 Å². The summed E-state index contributed by atoms with van der Waals surface area (Å²) < 4.78 is 13.8. The van der Waals surface area contributed by atoms with Gasteiger partial charge in [0.05, 0.1) is 11.3 Å². The fourth-order valence-corrected chi connectivity index (χ4v) is 1.94. The summed E-state index contributed by atoms with van der Waals surface area (Å²) in [6, 6.07) is 9.26. The van der Waals surface area contributed by atoms with E-state index in [4.69, 9.17) is 10.8 Å². The third-order valence-corrected chi connectivity index (χ3v) is 2.83. The maximum atomic E-state index is 13.8. The normalized spacial score (nSPS) is 10.3. The molecule has 92 valence electrons. The molecule has 2 rings (SSSR count). The molecule has 0 fully saturated rings. The first-order valence-corrected chi connectivity index (χ1v) is 5.39. The molecule has 2 aromatic rings. The maximum Gasteiger partial charge on any atom is 0.337 e. The molecule has 0 aliphatic heterocycles. The third-order valence-electron chi connectivity index (χ3n) is 2.83. The number of hydrogen-bond acceptors (Lipinski definition) is 2. The van der Waals surface area contributed by atoms with E-state index in [2.05, 4.69) is 0 Å². The number of carboxylic acid groups (broad SMARTS) is 1. The van der Waals surface area contributed by atoms with E-state index in [1.807, 2.05) is 0 Å². The lowest BCUT2D eigenvalue weighted by molar-refractivity contribution is 0.0698. The second-order valence-electron chi connectivity index (χ2n) is 4.00. The van der Waals surface area contributed by atoms with Crippen LogP contribution in [0.3, 0.4) is 0 Å². The summed E-state index contributed by atoms with van der Waals surface area (Å²) in [6.07, 6.45) is 0. The van der Waals surface area contributed by atoms with E-state index >= 15 is 0 Å². The molecule has 0 heterocycles. The van der Waals surface area contributed by atoms with Gasteiger partial charge in [-0.25, -0.2) is 9.18 Å². The van der Waals surface area contributed by atoms with Gasteiger partial charge < -0.3 is 10.8 Å². The molecule has 0 radical (unpaired) electrons. The molecule has 18 heavy (non-hydrogen) atoms. The van der Waals surface area contributed by atoms with E-state index < -0.39 is 11.8 Å². The Morgan fingerprint density at radius 2 is 1.89 bits per heavy atom. The highest BCUT2D eigenvalue weighted by Crippen LogP contribution is 2.32. The molecule has 0 spiro atoms. The topological polar surface area (TPSA) is 63.3 Å². The smallest absolute Gasteiger partial charge is 0.337 e. The Labute approximate surface area is 104 Å². The molecule has 0 amide bonds. The number of anilines is 1. The number of para-hydroxylation sites is 1. The van der Waals surface area contributed by atoms with Gasteiger partial charge in [0.15, 0.2) is 0 Å². The van der Waals surface area contributed by atoms with Crippen LogP contribution in [0, 0.1) is 12.7 Å². The molecule has 3 N–H and O–H groups in total. The Morgan fingerprint density at radius 3 is 2.50 bits per heavy atom. The summed E-state index contributed by atoms with van der Waals surface area (Å²) in [7, 11) is 0. The molecule has 0 unspecified atom stereocenters. The lowest BCUT2D eigenvalue weighted by atomic mass is 9.96. The van der Waals surface area contributed by atoms with Gasteiger partial charge in [-0.15, -0.1) is 0 Å². The van der Waals surface area contributed by atoms with Crippen LogP contribution in [0.2, 0.25) is 0 Å². The van der Waals surface area contributed by atoms with Crippen LogP contribution in [-0.4, -0.2) is 11.1 Å². The molecule has 0 bridgehead atoms. The van der Waals surface area contributed by atoms with Gasteiger partial charge in [-0.3, -0.25) is 0 Å². The standard InChI is InChI=1S/C14H12FNO2/c1-8-4-2-7-11(15)12(8)9-5-3-6-10(13(9)16)14(17)18/h2-7H,16H2,1H3,(H,17,18). The zero-order valence-electron chi connectivity index (χ0n) is 9.77. The van der Waals surface area contributed by atoms with E-state index in [9.17, 15) is 9.18 Å². The van der Waals surface area contributed by atoms with Gasteiger partial charge in [-0.05, 0) is 24.6 Å². The molecule has 0 atom stereocenters. The maximum absolute atomic E-state index is 13.8. The number of benzene rings is 2. The predicted octanol–water partition coefficient (Wildman–Crippen LogP) is 3.08. The van der Waals surface area contributed by atoms with Gasteiger partial charge in [0.2, 0.25) is 0 Å². The van der Waals surface area contributed by atoms with E-state index in [1.165, 1.54) is 12.1 Å². The Kier molecular flexibility index (Phi) is 3.02. The lowest BCUT2D eigenvalue weighted by Crippen LogP contribution is -2.04. The van der Waals surface area contributed by atoms with Crippen LogP contribution < -0.4 is 5.73 Å². The second-order valence-corrected chi connectivity index (χ2v) is 4.00. The van der Waals surface area contributed by atoms with Gasteiger partial charge in [-0.2, -0.15) is 0 Å². The summed E-state index contributed by atoms with van der Waals surface area (Å²) in [5, 5.41) is 9.00. The van der Waals surface area contributed by atoms with Crippen LogP contribution in [0.4, 0.5) is 10.1 Å². The molecular weight excluding hydrogens is 233 g/mol. The Bertz CT molecular complexity index is 603. The van der Waals surface area contributed by atoms with Crippen molar-refractivity contribution in [1.29, 1.82) is 0 Å². The van der Waals surface area contributed by atoms with Crippen molar-refractivity contribution in [2.75, 3.05) is 5.73 Å². The number of carboxylic acids is 1. The Balaban J connectivity index is 2.73. The highest BCUT2D eigenvalue weighted by molar-refractivity contribution is 5.98. The molecule has 2 aromatic carbocycles. The minimum atomic E-state index is -1.12. The molecule has 0 aliphatic carbocycles. The zero-order valence-corrected chi connectivity index (χ0v) is 9.77. The number of rotatable bonds is 2. The Hall–Kier alpha value is -2.36. The van der Waals surface area contributed by atoms with Crippen molar-refractivity contribution in [2.24, 2.45) is 0 Å². The molecule has 0 saturated heterocycles. The predicted molar refractivity (Wildman–Crippen MR) is 67.9 cm³/mol. The SMILES string of the molecule is Cc1cccc(F)c1-c1cccc(C(=O)O)c1N. The van der Waals surface area contributed by atoms with Gasteiger partial charge >= 0.3 is 5.97 Å². The van der Waals surface area contributed by atoms with Gasteiger partial charge in [-0.1, -0.05) is 24.3 Å². The molecule has 3 nitrogen and oxygen atoms in total. The summed E-state index contributed by atoms with van der Waals surface area (Å²) in [6.45, 7) is 1.76. The average molecular weight is 245 g/mol. The van der Waals surface area contributed by atoms with Crippen LogP contribution in [0.15, 0.2) is 36.4 Å². The van der Waals surface area contributed by atoms with E-state index in [0.717, 1.165) is 0 Å². The monoisotopic (exact) mass is 245 g/mol. The van der Waals surface area contributed by atoms with Gasteiger partial charge in [0, 0.05) is 11.1 Å². The molecular formula is C14H12FNO2. The number of aryl methyl sites for hydroxylation is 1. The van der Waals surface area contributed by atoms with E-state index in [0.29, 0.717) is 16.7 Å². The Morgan fingerprint density at radius 1 is 1.22 bits per heavy atom. The third kappa shape index (κ3) is 1.93. The quantitative estimate of drug-likeness (QED) is 0.799. The van der Waals surface area contributed by atoms with Crippen LogP contribution in [0.1, 0.15) is 15.9 Å². The second kappa shape index (κ2) is 4.49. The molecule has 0 aliphatic rings. The first-order valence-electron chi connectivity index (χ1n) is 5.39. The summed E-state index contributed by atoms with van der Waals surface area (Å²) >= 11 is 0. The highest BCUT2D eigenvalue weighted by Gasteiger charge is 2.16. The van der Waals surface area contributed by atoms with Crippen LogP contribution >= 0.6 is 0 Å². The molecule has 0 saturated carbocycles. The van der Waals surface area contributed by atoms with Crippen molar-refractivity contribution in [3.63, 3.8) is 0 Å². The number of aromatic carboxylic acids is 1. The van der Waals surface area contributed by atoms with Crippen LogP contribution in [0.5, 0.6) is 0 Å². The van der Waals surface area contributed by atoms with Crippen molar-refractivity contribution < 1.29 is 14.3 Å². The number of nitrogens with two attached hydrogens (primary N) is 1. The molecule has 4 heteroatoms. The fourth-order valence-electron chi connectivity index (χ4n) is 1.94. The first-order chi connectivity index (χ1) is 8.52. The van der Waals surface area contributed by atoms with Crippen molar-refractivity contribution in [3.8, 4) is 11.1 Å². The van der Waals surface area contributed by atoms with E-state index in [1.54, 1.807) is 31.2 Å². The van der Waals surface area contributed by atoms with Crippen LogP contribution in [-0.2, 0) is 0 Å². The summed E-state index contributed by atoms with van der Waals surface area (Å²) in [5.41, 5.74) is 7.34. The summed E-state index contributed by atoms with van der Waals surface area (Å²) in [4.78, 5) is 11.0. The van der Waals surface area contributed by atoms with Crippen LogP contribution in [0.25, 0.3) is 11.1 Å². The largest absolute Gasteiger partial charge is 0.478 e. The lowest BCUT2D eigenvalue weighted by Gasteiger charge is -2.11. The molecule has 0 aromatic heterocycles. The van der Waals surface area contributed by atoms with Crippen molar-refractivity contribution in [3.05, 3.63) is 53.3 Å². The number of hydrogen-bond donors (Lipinski definition) is 2. The van der Waals surface area contributed by atoms with Gasteiger partial charge in [0.25, 0.3) is 0 Å².